The van der Waals surface area contributed by atoms with Crippen molar-refractivity contribution in [3.05, 3.63) is 96.8 Å². The third-order valence-corrected chi connectivity index (χ3v) is 8.14. The number of benzene rings is 2. The summed E-state index contributed by atoms with van der Waals surface area (Å²) in [5, 5.41) is 11.3. The maximum absolute atomic E-state index is 13.4. The highest BCUT2D eigenvalue weighted by Gasteiger charge is 2.33. The SMILES string of the molecule is CC1CN(C(=O)c2ccc(NC(=O)CCCN(C)C)cc2)CC1Nc1nccc(-c2c(-c3ccccc3)nn3ccccc23)n1. The molecule has 3 aromatic heterocycles. The van der Waals surface area contributed by atoms with Crippen molar-refractivity contribution in [1.29, 1.82) is 0 Å². The van der Waals surface area contributed by atoms with Crippen LogP contribution in [0.4, 0.5) is 11.6 Å². The Morgan fingerprint density at radius 1 is 0.956 bits per heavy atom. The summed E-state index contributed by atoms with van der Waals surface area (Å²) in [5.41, 5.74) is 5.82. The standard InChI is InChI=1S/C35H38N8O2/c1-24-22-42(34(45)26-14-16-27(17-15-26)37-31(44)13-9-20-41(2)3)23-29(24)39-35-36-19-18-28(38-35)32-30-12-7-8-21-43(30)40-33(32)25-10-5-4-6-11-25/h4-8,10-12,14-19,21,24,29H,9,13,20,22-23H2,1-3H3,(H,37,44)(H,36,38,39). The number of anilines is 2. The zero-order chi connectivity index (χ0) is 31.3. The van der Waals surface area contributed by atoms with Gasteiger partial charge in [0, 0.05) is 48.7 Å². The van der Waals surface area contributed by atoms with Crippen molar-refractivity contribution in [2.45, 2.75) is 25.8 Å². The number of carbonyl (C=O) groups is 2. The number of rotatable bonds is 10. The predicted octanol–water partition coefficient (Wildman–Crippen LogP) is 5.31. The lowest BCUT2D eigenvalue weighted by atomic mass is 10.0. The first-order valence-corrected chi connectivity index (χ1v) is 15.3. The fraction of sp³-hybridized carbons (Fsp3) is 0.286. The molecule has 10 nitrogen and oxygen atoms in total. The molecule has 45 heavy (non-hydrogen) atoms. The van der Waals surface area contributed by atoms with E-state index in [4.69, 9.17) is 10.1 Å². The van der Waals surface area contributed by atoms with E-state index in [1.165, 1.54) is 0 Å². The number of aromatic nitrogens is 4. The molecule has 2 amide bonds. The number of hydrogen-bond donors (Lipinski definition) is 2. The second-order valence-electron chi connectivity index (χ2n) is 11.9. The highest BCUT2D eigenvalue weighted by atomic mass is 16.2. The fourth-order valence-electron chi connectivity index (χ4n) is 5.76. The smallest absolute Gasteiger partial charge is 0.253 e. The molecule has 1 aliphatic heterocycles. The largest absolute Gasteiger partial charge is 0.349 e. The second kappa shape index (κ2) is 13.3. The Bertz CT molecular complexity index is 1790. The minimum absolute atomic E-state index is 0.0116. The van der Waals surface area contributed by atoms with Gasteiger partial charge in [0.1, 0.15) is 5.69 Å². The summed E-state index contributed by atoms with van der Waals surface area (Å²) in [7, 11) is 3.98. The molecule has 1 aliphatic rings. The van der Waals surface area contributed by atoms with E-state index in [0.29, 0.717) is 36.7 Å². The average Bonchev–Trinajstić information content (AvgIpc) is 3.62. The number of amides is 2. The van der Waals surface area contributed by atoms with Crippen LogP contribution in [-0.2, 0) is 4.79 Å². The van der Waals surface area contributed by atoms with Gasteiger partial charge in [-0.15, -0.1) is 0 Å². The predicted molar refractivity (Wildman–Crippen MR) is 177 cm³/mol. The lowest BCUT2D eigenvalue weighted by Gasteiger charge is -2.18. The van der Waals surface area contributed by atoms with Gasteiger partial charge in [0.05, 0.1) is 22.8 Å². The van der Waals surface area contributed by atoms with Crippen LogP contribution in [-0.4, -0.2) is 81.0 Å². The van der Waals surface area contributed by atoms with Gasteiger partial charge in [0.15, 0.2) is 0 Å². The van der Waals surface area contributed by atoms with Crippen molar-refractivity contribution >= 4 is 29.0 Å². The zero-order valence-electron chi connectivity index (χ0n) is 25.9. The molecule has 2 aromatic carbocycles. The van der Waals surface area contributed by atoms with Crippen LogP contribution in [0.1, 0.15) is 30.1 Å². The molecule has 6 rings (SSSR count). The van der Waals surface area contributed by atoms with Crippen LogP contribution < -0.4 is 10.6 Å². The van der Waals surface area contributed by atoms with Crippen molar-refractivity contribution < 1.29 is 9.59 Å². The summed E-state index contributed by atoms with van der Waals surface area (Å²) in [5.74, 6) is 0.642. The number of carbonyl (C=O) groups excluding carboxylic acids is 2. The van der Waals surface area contributed by atoms with Gasteiger partial charge in [-0.2, -0.15) is 5.10 Å². The minimum Gasteiger partial charge on any atom is -0.349 e. The van der Waals surface area contributed by atoms with Crippen molar-refractivity contribution in [2.75, 3.05) is 44.4 Å². The van der Waals surface area contributed by atoms with Gasteiger partial charge in [-0.25, -0.2) is 14.5 Å². The normalized spacial score (nSPS) is 16.3. The molecule has 0 saturated carbocycles. The summed E-state index contributed by atoms with van der Waals surface area (Å²) in [6.07, 6.45) is 4.95. The van der Waals surface area contributed by atoms with Crippen LogP contribution in [0, 0.1) is 5.92 Å². The highest BCUT2D eigenvalue weighted by molar-refractivity contribution is 5.96. The average molecular weight is 603 g/mol. The van der Waals surface area contributed by atoms with Crippen LogP contribution in [0.3, 0.4) is 0 Å². The Labute approximate surface area is 263 Å². The highest BCUT2D eigenvalue weighted by Crippen LogP contribution is 2.34. The third-order valence-electron chi connectivity index (χ3n) is 8.14. The molecule has 4 heterocycles. The van der Waals surface area contributed by atoms with Crippen LogP contribution in [0.2, 0.25) is 0 Å². The lowest BCUT2D eigenvalue weighted by molar-refractivity contribution is -0.116. The quantitative estimate of drug-likeness (QED) is 0.223. The Morgan fingerprint density at radius 2 is 1.73 bits per heavy atom. The molecule has 10 heteroatoms. The van der Waals surface area contributed by atoms with Crippen LogP contribution in [0.25, 0.3) is 28.0 Å². The van der Waals surface area contributed by atoms with Gasteiger partial charge in [0.2, 0.25) is 11.9 Å². The molecule has 0 aliphatic carbocycles. The Hall–Kier alpha value is -5.09. The molecule has 0 spiro atoms. The number of pyridine rings is 1. The van der Waals surface area contributed by atoms with E-state index in [-0.39, 0.29) is 23.8 Å². The zero-order valence-corrected chi connectivity index (χ0v) is 25.9. The van der Waals surface area contributed by atoms with Crippen molar-refractivity contribution in [3.8, 4) is 22.5 Å². The number of hydrogen-bond acceptors (Lipinski definition) is 7. The van der Waals surface area contributed by atoms with E-state index >= 15 is 0 Å². The Morgan fingerprint density at radius 3 is 2.51 bits per heavy atom. The summed E-state index contributed by atoms with van der Waals surface area (Å²) in [4.78, 5) is 39.0. The lowest BCUT2D eigenvalue weighted by Crippen LogP contribution is -2.32. The van der Waals surface area contributed by atoms with Gasteiger partial charge in [-0.05, 0) is 75.4 Å². The number of likely N-dealkylation sites (tertiary alicyclic amines) is 1. The molecule has 230 valence electrons. The van der Waals surface area contributed by atoms with Crippen LogP contribution >= 0.6 is 0 Å². The monoisotopic (exact) mass is 602 g/mol. The Balaban J connectivity index is 1.13. The topological polar surface area (TPSA) is 108 Å². The number of nitrogens with zero attached hydrogens (tertiary/aromatic N) is 6. The van der Waals surface area contributed by atoms with E-state index in [0.717, 1.165) is 41.0 Å². The molecule has 2 atom stereocenters. The summed E-state index contributed by atoms with van der Waals surface area (Å²) in [6, 6.07) is 25.1. The third kappa shape index (κ3) is 6.86. The van der Waals surface area contributed by atoms with Crippen molar-refractivity contribution in [2.24, 2.45) is 5.92 Å². The van der Waals surface area contributed by atoms with E-state index in [9.17, 15) is 9.59 Å². The number of nitrogens with one attached hydrogen (secondary N) is 2. The molecular weight excluding hydrogens is 564 g/mol. The first-order chi connectivity index (χ1) is 21.9. The van der Waals surface area contributed by atoms with E-state index < -0.39 is 0 Å². The molecule has 1 fully saturated rings. The molecular formula is C35H38N8O2. The second-order valence-corrected chi connectivity index (χ2v) is 11.9. The summed E-state index contributed by atoms with van der Waals surface area (Å²) >= 11 is 0. The van der Waals surface area contributed by atoms with Gasteiger partial charge < -0.3 is 20.4 Å². The maximum Gasteiger partial charge on any atom is 0.253 e. The summed E-state index contributed by atoms with van der Waals surface area (Å²) in [6.45, 7) is 4.14. The van der Waals surface area contributed by atoms with Crippen LogP contribution in [0.5, 0.6) is 0 Å². The Kier molecular flexibility index (Phi) is 8.84. The van der Waals surface area contributed by atoms with E-state index in [2.05, 4.69) is 39.6 Å². The molecule has 2 N–H and O–H groups in total. The molecule has 5 aromatic rings. The summed E-state index contributed by atoms with van der Waals surface area (Å²) < 4.78 is 1.88. The molecule has 1 saturated heterocycles. The maximum atomic E-state index is 13.4. The van der Waals surface area contributed by atoms with Crippen molar-refractivity contribution in [3.63, 3.8) is 0 Å². The van der Waals surface area contributed by atoms with E-state index in [1.54, 1.807) is 30.5 Å². The van der Waals surface area contributed by atoms with Crippen molar-refractivity contribution in [1.82, 2.24) is 29.4 Å². The van der Waals surface area contributed by atoms with Gasteiger partial charge in [-0.1, -0.05) is 43.3 Å². The molecule has 0 radical (unpaired) electrons. The van der Waals surface area contributed by atoms with Gasteiger partial charge in [0.25, 0.3) is 5.91 Å². The molecule has 0 bridgehead atoms. The fourth-order valence-corrected chi connectivity index (χ4v) is 5.76. The minimum atomic E-state index is -0.0384. The first kappa shape index (κ1) is 30.0. The number of fused-ring (bicyclic) bond motifs is 1. The first-order valence-electron chi connectivity index (χ1n) is 15.3. The van der Waals surface area contributed by atoms with Gasteiger partial charge in [-0.3, -0.25) is 9.59 Å². The van der Waals surface area contributed by atoms with Gasteiger partial charge >= 0.3 is 0 Å². The van der Waals surface area contributed by atoms with Crippen LogP contribution in [0.15, 0.2) is 91.3 Å². The molecule has 2 unspecified atom stereocenters. The van der Waals surface area contributed by atoms with E-state index in [1.807, 2.05) is 72.2 Å².